The fraction of sp³-hybridized carbons (Fsp3) is 0.257. The average Bonchev–Trinajstić information content (AvgIpc) is 3.02. The summed E-state index contributed by atoms with van der Waals surface area (Å²) in [6, 6.07) is 25.7. The maximum atomic E-state index is 14.5. The molecule has 0 aliphatic heterocycles. The van der Waals surface area contributed by atoms with Gasteiger partial charge in [0.2, 0.25) is 11.8 Å². The van der Waals surface area contributed by atoms with E-state index >= 15 is 0 Å². The Hall–Kier alpha value is -4.41. The largest absolute Gasteiger partial charge is 0.497 e. The van der Waals surface area contributed by atoms with Crippen LogP contribution in [0.25, 0.3) is 0 Å². The Labute approximate surface area is 274 Å². The van der Waals surface area contributed by atoms with Gasteiger partial charge in [-0.2, -0.15) is 0 Å². The number of methoxy groups -OCH3 is 1. The minimum atomic E-state index is -4.34. The van der Waals surface area contributed by atoms with E-state index in [-0.39, 0.29) is 23.5 Å². The van der Waals surface area contributed by atoms with E-state index in [9.17, 15) is 22.4 Å². The zero-order chi connectivity index (χ0) is 33.5. The van der Waals surface area contributed by atoms with Crippen LogP contribution in [0.15, 0.2) is 108 Å². The van der Waals surface area contributed by atoms with E-state index in [0.29, 0.717) is 16.3 Å². The monoisotopic (exact) mass is 665 g/mol. The van der Waals surface area contributed by atoms with E-state index in [2.05, 4.69) is 5.32 Å². The number of halogens is 2. The van der Waals surface area contributed by atoms with Gasteiger partial charge in [0.1, 0.15) is 24.2 Å². The van der Waals surface area contributed by atoms with Crippen LogP contribution in [0.5, 0.6) is 5.75 Å². The first-order valence-corrected chi connectivity index (χ1v) is 16.4. The summed E-state index contributed by atoms with van der Waals surface area (Å²) < 4.78 is 48.2. The number of sulfonamides is 1. The molecule has 4 rings (SSSR count). The van der Waals surface area contributed by atoms with Crippen molar-refractivity contribution in [2.45, 2.75) is 50.2 Å². The maximum Gasteiger partial charge on any atom is 0.264 e. The van der Waals surface area contributed by atoms with Gasteiger partial charge in [-0.1, -0.05) is 54.1 Å². The van der Waals surface area contributed by atoms with Crippen LogP contribution in [-0.2, 0) is 32.6 Å². The number of carbonyl (C=O) groups is 2. The second-order valence-corrected chi connectivity index (χ2v) is 14.1. The van der Waals surface area contributed by atoms with Crippen LogP contribution in [0.1, 0.15) is 31.9 Å². The Kier molecular flexibility index (Phi) is 11.1. The molecular weight excluding hydrogens is 629 g/mol. The summed E-state index contributed by atoms with van der Waals surface area (Å²) in [5.74, 6) is -1.15. The van der Waals surface area contributed by atoms with Crippen molar-refractivity contribution in [2.24, 2.45) is 0 Å². The fourth-order valence-electron chi connectivity index (χ4n) is 4.80. The molecule has 0 spiro atoms. The van der Waals surface area contributed by atoms with Crippen molar-refractivity contribution in [1.29, 1.82) is 0 Å². The molecule has 0 aliphatic rings. The Morgan fingerprint density at radius 3 is 2.04 bits per heavy atom. The summed E-state index contributed by atoms with van der Waals surface area (Å²) in [5.41, 5.74) is 0.965. The van der Waals surface area contributed by atoms with Crippen LogP contribution in [-0.4, -0.2) is 50.4 Å². The van der Waals surface area contributed by atoms with Crippen molar-refractivity contribution >= 4 is 39.1 Å². The Morgan fingerprint density at radius 1 is 0.870 bits per heavy atom. The van der Waals surface area contributed by atoms with E-state index in [0.717, 1.165) is 22.0 Å². The third-order valence-corrected chi connectivity index (χ3v) is 9.12. The second-order valence-electron chi connectivity index (χ2n) is 11.8. The van der Waals surface area contributed by atoms with E-state index in [1.165, 1.54) is 48.4 Å². The van der Waals surface area contributed by atoms with Gasteiger partial charge in [0.15, 0.2) is 0 Å². The number of benzene rings is 4. The number of anilines is 1. The summed E-state index contributed by atoms with van der Waals surface area (Å²) in [6.45, 7) is 4.85. The summed E-state index contributed by atoms with van der Waals surface area (Å²) in [6.07, 6.45) is 0.170. The zero-order valence-electron chi connectivity index (χ0n) is 26.1. The minimum absolute atomic E-state index is 0.00902. The molecule has 0 bridgehead atoms. The molecule has 8 nitrogen and oxygen atoms in total. The van der Waals surface area contributed by atoms with E-state index in [4.69, 9.17) is 16.3 Å². The number of amides is 2. The lowest BCUT2D eigenvalue weighted by molar-refractivity contribution is -0.140. The number of nitrogens with one attached hydrogen (secondary N) is 1. The Morgan fingerprint density at radius 2 is 1.48 bits per heavy atom. The van der Waals surface area contributed by atoms with Crippen LogP contribution < -0.4 is 14.4 Å². The number of hydrogen-bond donors (Lipinski definition) is 1. The van der Waals surface area contributed by atoms with Crippen molar-refractivity contribution in [3.63, 3.8) is 0 Å². The molecule has 46 heavy (non-hydrogen) atoms. The SMILES string of the molecule is COc1ccc(S(=O)(=O)N(CC(=O)N(Cc2ccc(Cl)cc2)[C@H](Cc2ccccc2)C(=O)NC(C)(C)C)c2ccc(F)cc2)cc1. The number of rotatable bonds is 12. The lowest BCUT2D eigenvalue weighted by Crippen LogP contribution is -2.56. The van der Waals surface area contributed by atoms with Gasteiger partial charge in [-0.05, 0) is 92.6 Å². The molecule has 0 aromatic heterocycles. The molecule has 0 heterocycles. The lowest BCUT2D eigenvalue weighted by atomic mass is 10.0. The molecule has 11 heteroatoms. The van der Waals surface area contributed by atoms with Crippen molar-refractivity contribution in [3.05, 3.63) is 125 Å². The summed E-state index contributed by atoms with van der Waals surface area (Å²) >= 11 is 6.13. The van der Waals surface area contributed by atoms with Crippen LogP contribution in [0.4, 0.5) is 10.1 Å². The smallest absolute Gasteiger partial charge is 0.264 e. The van der Waals surface area contributed by atoms with Gasteiger partial charge in [0, 0.05) is 23.5 Å². The highest BCUT2D eigenvalue weighted by Crippen LogP contribution is 2.27. The summed E-state index contributed by atoms with van der Waals surface area (Å²) in [5, 5.41) is 3.49. The highest BCUT2D eigenvalue weighted by atomic mass is 35.5. The molecule has 0 fully saturated rings. The van der Waals surface area contributed by atoms with Gasteiger partial charge in [-0.15, -0.1) is 0 Å². The van der Waals surface area contributed by atoms with Crippen LogP contribution >= 0.6 is 11.6 Å². The van der Waals surface area contributed by atoms with Crippen molar-refractivity contribution in [2.75, 3.05) is 18.0 Å². The van der Waals surface area contributed by atoms with E-state index < -0.39 is 45.8 Å². The quantitative estimate of drug-likeness (QED) is 0.193. The molecule has 1 N–H and O–H groups in total. The molecule has 4 aromatic carbocycles. The van der Waals surface area contributed by atoms with Gasteiger partial charge in [-0.3, -0.25) is 13.9 Å². The molecule has 0 saturated heterocycles. The number of hydrogen-bond acceptors (Lipinski definition) is 5. The van der Waals surface area contributed by atoms with Gasteiger partial charge in [0.05, 0.1) is 17.7 Å². The predicted octanol–water partition coefficient (Wildman–Crippen LogP) is 6.24. The van der Waals surface area contributed by atoms with Crippen LogP contribution in [0.3, 0.4) is 0 Å². The second kappa shape index (κ2) is 14.8. The Balaban J connectivity index is 1.81. The third kappa shape index (κ3) is 9.08. The molecule has 4 aromatic rings. The molecule has 0 aliphatic carbocycles. The first kappa shape index (κ1) is 34.5. The molecule has 242 valence electrons. The molecule has 0 unspecified atom stereocenters. The van der Waals surface area contributed by atoms with Gasteiger partial charge >= 0.3 is 0 Å². The summed E-state index contributed by atoms with van der Waals surface area (Å²) in [7, 11) is -2.88. The van der Waals surface area contributed by atoms with Crippen molar-refractivity contribution in [1.82, 2.24) is 10.2 Å². The van der Waals surface area contributed by atoms with Gasteiger partial charge in [0.25, 0.3) is 10.0 Å². The van der Waals surface area contributed by atoms with Crippen molar-refractivity contribution in [3.8, 4) is 5.75 Å². The Bertz CT molecular complexity index is 1730. The highest BCUT2D eigenvalue weighted by molar-refractivity contribution is 7.92. The number of nitrogens with zero attached hydrogens (tertiary/aromatic N) is 2. The maximum absolute atomic E-state index is 14.5. The molecule has 1 atom stereocenters. The molecule has 0 saturated carbocycles. The fourth-order valence-corrected chi connectivity index (χ4v) is 6.34. The topological polar surface area (TPSA) is 96.0 Å². The molecular formula is C35H37ClFN3O5S. The normalized spacial score (nSPS) is 12.2. The third-order valence-electron chi connectivity index (χ3n) is 7.08. The van der Waals surface area contributed by atoms with E-state index in [1.54, 1.807) is 24.3 Å². The minimum Gasteiger partial charge on any atom is -0.497 e. The average molecular weight is 666 g/mol. The predicted molar refractivity (Wildman–Crippen MR) is 178 cm³/mol. The van der Waals surface area contributed by atoms with E-state index in [1.807, 2.05) is 51.1 Å². The van der Waals surface area contributed by atoms with Crippen molar-refractivity contribution < 1.29 is 27.1 Å². The van der Waals surface area contributed by atoms with Gasteiger partial charge < -0.3 is 15.0 Å². The molecule has 2 amide bonds. The number of ether oxygens (including phenoxy) is 1. The zero-order valence-corrected chi connectivity index (χ0v) is 27.7. The summed E-state index contributed by atoms with van der Waals surface area (Å²) in [4.78, 5) is 29.7. The lowest BCUT2D eigenvalue weighted by Gasteiger charge is -2.35. The van der Waals surface area contributed by atoms with Crippen LogP contribution in [0, 0.1) is 5.82 Å². The molecule has 0 radical (unpaired) electrons. The first-order chi connectivity index (χ1) is 21.8. The highest BCUT2D eigenvalue weighted by Gasteiger charge is 2.35. The van der Waals surface area contributed by atoms with Crippen LogP contribution in [0.2, 0.25) is 5.02 Å². The number of carbonyl (C=O) groups excluding carboxylic acids is 2. The first-order valence-electron chi connectivity index (χ1n) is 14.6. The van der Waals surface area contributed by atoms with Gasteiger partial charge in [-0.25, -0.2) is 12.8 Å². The standard InChI is InChI=1S/C35H37ClFN3O5S/c1-35(2,3)38-34(42)32(22-25-8-6-5-7-9-25)39(23-26-10-12-27(36)13-11-26)33(41)24-40(29-16-14-28(37)15-17-29)46(43,44)31-20-18-30(45-4)19-21-31/h5-21,32H,22-24H2,1-4H3,(H,38,42)/t32-/m1/s1.